The first-order chi connectivity index (χ1) is 7.83. The molecule has 0 aliphatic heterocycles. The van der Waals surface area contributed by atoms with Crippen LogP contribution < -0.4 is 5.32 Å². The molecule has 84 valence electrons. The van der Waals surface area contributed by atoms with Gasteiger partial charge in [-0.1, -0.05) is 6.92 Å². The SMILES string of the molecule is CCNC(C)c1ncnn1-c1ncccn1. The second kappa shape index (κ2) is 4.80. The van der Waals surface area contributed by atoms with Crippen LogP contribution in [-0.4, -0.2) is 31.3 Å². The van der Waals surface area contributed by atoms with Gasteiger partial charge in [0.25, 0.3) is 5.95 Å². The van der Waals surface area contributed by atoms with E-state index in [0.717, 1.165) is 12.4 Å². The molecule has 0 aliphatic carbocycles. The van der Waals surface area contributed by atoms with E-state index < -0.39 is 0 Å². The van der Waals surface area contributed by atoms with Crippen LogP contribution >= 0.6 is 0 Å². The summed E-state index contributed by atoms with van der Waals surface area (Å²) in [5.74, 6) is 1.35. The molecule has 1 atom stereocenters. The van der Waals surface area contributed by atoms with E-state index in [1.807, 2.05) is 6.92 Å². The van der Waals surface area contributed by atoms with Crippen LogP contribution in [0.1, 0.15) is 25.7 Å². The average molecular weight is 218 g/mol. The Morgan fingerprint density at radius 3 is 2.75 bits per heavy atom. The lowest BCUT2D eigenvalue weighted by atomic mass is 10.3. The maximum Gasteiger partial charge on any atom is 0.252 e. The van der Waals surface area contributed by atoms with Crippen LogP contribution in [0, 0.1) is 0 Å². The molecule has 2 rings (SSSR count). The van der Waals surface area contributed by atoms with E-state index in [1.54, 1.807) is 23.1 Å². The van der Waals surface area contributed by atoms with E-state index in [4.69, 9.17) is 0 Å². The van der Waals surface area contributed by atoms with Crippen LogP contribution in [0.5, 0.6) is 0 Å². The number of aromatic nitrogens is 5. The Balaban J connectivity index is 2.33. The molecule has 0 bridgehead atoms. The quantitative estimate of drug-likeness (QED) is 0.819. The van der Waals surface area contributed by atoms with Crippen molar-refractivity contribution in [1.29, 1.82) is 0 Å². The first-order valence-corrected chi connectivity index (χ1v) is 5.23. The van der Waals surface area contributed by atoms with Crippen LogP contribution in [0.4, 0.5) is 0 Å². The summed E-state index contributed by atoms with van der Waals surface area (Å²) in [4.78, 5) is 12.5. The van der Waals surface area contributed by atoms with Crippen LogP contribution in [0.25, 0.3) is 5.95 Å². The lowest BCUT2D eigenvalue weighted by Crippen LogP contribution is -2.22. The van der Waals surface area contributed by atoms with E-state index in [2.05, 4.69) is 32.3 Å². The summed E-state index contributed by atoms with van der Waals surface area (Å²) in [6.07, 6.45) is 4.89. The molecule has 0 aliphatic rings. The Morgan fingerprint density at radius 1 is 1.31 bits per heavy atom. The highest BCUT2D eigenvalue weighted by Crippen LogP contribution is 2.10. The van der Waals surface area contributed by atoms with Gasteiger partial charge in [0.2, 0.25) is 0 Å². The smallest absolute Gasteiger partial charge is 0.252 e. The summed E-state index contributed by atoms with van der Waals surface area (Å²) >= 11 is 0. The van der Waals surface area contributed by atoms with E-state index in [0.29, 0.717) is 5.95 Å². The van der Waals surface area contributed by atoms with E-state index in [9.17, 15) is 0 Å². The summed E-state index contributed by atoms with van der Waals surface area (Å²) in [6, 6.07) is 1.89. The monoisotopic (exact) mass is 218 g/mol. The van der Waals surface area contributed by atoms with Gasteiger partial charge in [0, 0.05) is 12.4 Å². The normalized spacial score (nSPS) is 12.6. The van der Waals surface area contributed by atoms with Crippen molar-refractivity contribution in [2.24, 2.45) is 0 Å². The number of hydrogen-bond acceptors (Lipinski definition) is 5. The van der Waals surface area contributed by atoms with Gasteiger partial charge in [-0.15, -0.1) is 0 Å². The third kappa shape index (κ3) is 2.06. The molecule has 0 aromatic carbocycles. The Labute approximate surface area is 93.8 Å². The second-order valence-corrected chi connectivity index (χ2v) is 3.36. The molecule has 2 aromatic rings. The van der Waals surface area contributed by atoms with Crippen molar-refractivity contribution in [3.63, 3.8) is 0 Å². The largest absolute Gasteiger partial charge is 0.308 e. The molecular weight excluding hydrogens is 204 g/mol. The lowest BCUT2D eigenvalue weighted by molar-refractivity contribution is 0.545. The van der Waals surface area contributed by atoms with Gasteiger partial charge in [0.1, 0.15) is 6.33 Å². The maximum absolute atomic E-state index is 4.22. The number of nitrogens with one attached hydrogen (secondary N) is 1. The molecule has 0 fully saturated rings. The molecule has 6 nitrogen and oxygen atoms in total. The standard InChI is InChI=1S/C10H14N6/c1-3-11-8(2)9-14-7-15-16(9)10-12-5-4-6-13-10/h4-8,11H,3H2,1-2H3. The van der Waals surface area contributed by atoms with Gasteiger partial charge in [-0.2, -0.15) is 9.78 Å². The van der Waals surface area contributed by atoms with Crippen LogP contribution in [-0.2, 0) is 0 Å². The zero-order chi connectivity index (χ0) is 11.4. The predicted molar refractivity (Wildman–Crippen MR) is 59.0 cm³/mol. The van der Waals surface area contributed by atoms with E-state index in [1.165, 1.54) is 6.33 Å². The number of rotatable bonds is 4. The van der Waals surface area contributed by atoms with Gasteiger partial charge in [-0.3, -0.25) is 0 Å². The van der Waals surface area contributed by atoms with Crippen molar-refractivity contribution in [3.8, 4) is 5.95 Å². The minimum Gasteiger partial charge on any atom is -0.308 e. The highest BCUT2D eigenvalue weighted by molar-refractivity contribution is 5.11. The molecule has 0 saturated carbocycles. The van der Waals surface area contributed by atoms with E-state index >= 15 is 0 Å². The highest BCUT2D eigenvalue weighted by Gasteiger charge is 2.14. The fourth-order valence-corrected chi connectivity index (χ4v) is 1.50. The van der Waals surface area contributed by atoms with Crippen molar-refractivity contribution in [2.45, 2.75) is 19.9 Å². The van der Waals surface area contributed by atoms with Gasteiger partial charge < -0.3 is 5.32 Å². The number of hydrogen-bond donors (Lipinski definition) is 1. The molecule has 2 aromatic heterocycles. The zero-order valence-corrected chi connectivity index (χ0v) is 9.33. The molecule has 2 heterocycles. The van der Waals surface area contributed by atoms with Crippen molar-refractivity contribution >= 4 is 0 Å². The molecule has 1 N–H and O–H groups in total. The summed E-state index contributed by atoms with van der Waals surface area (Å²) < 4.78 is 1.65. The molecular formula is C10H14N6. The van der Waals surface area contributed by atoms with Crippen molar-refractivity contribution in [1.82, 2.24) is 30.0 Å². The summed E-state index contributed by atoms with van der Waals surface area (Å²) in [7, 11) is 0. The molecule has 1 unspecified atom stereocenters. The first-order valence-electron chi connectivity index (χ1n) is 5.23. The Hall–Kier alpha value is -1.82. The molecule has 6 heteroatoms. The summed E-state index contributed by atoms with van der Waals surface area (Å²) in [6.45, 7) is 4.97. The lowest BCUT2D eigenvalue weighted by Gasteiger charge is -2.11. The summed E-state index contributed by atoms with van der Waals surface area (Å²) in [5, 5.41) is 7.41. The molecule has 16 heavy (non-hydrogen) atoms. The van der Waals surface area contributed by atoms with Crippen LogP contribution in [0.15, 0.2) is 24.8 Å². The Bertz CT molecular complexity index is 438. The van der Waals surface area contributed by atoms with Crippen molar-refractivity contribution in [2.75, 3.05) is 6.54 Å². The maximum atomic E-state index is 4.22. The zero-order valence-electron chi connectivity index (χ0n) is 9.33. The second-order valence-electron chi connectivity index (χ2n) is 3.36. The summed E-state index contributed by atoms with van der Waals surface area (Å²) in [5.41, 5.74) is 0. The molecule has 0 amide bonds. The van der Waals surface area contributed by atoms with Gasteiger partial charge in [-0.25, -0.2) is 15.0 Å². The average Bonchev–Trinajstić information content (AvgIpc) is 2.79. The minimum absolute atomic E-state index is 0.122. The Kier molecular flexibility index (Phi) is 3.21. The van der Waals surface area contributed by atoms with Gasteiger partial charge in [0.15, 0.2) is 5.82 Å². The predicted octanol–water partition coefficient (Wildman–Crippen LogP) is 0.728. The van der Waals surface area contributed by atoms with Crippen molar-refractivity contribution < 1.29 is 0 Å². The molecule has 0 spiro atoms. The highest BCUT2D eigenvalue weighted by atomic mass is 15.4. The van der Waals surface area contributed by atoms with Crippen LogP contribution in [0.2, 0.25) is 0 Å². The number of nitrogens with zero attached hydrogens (tertiary/aromatic N) is 5. The fraction of sp³-hybridized carbons (Fsp3) is 0.400. The van der Waals surface area contributed by atoms with Gasteiger partial charge >= 0.3 is 0 Å². The van der Waals surface area contributed by atoms with Gasteiger partial charge in [0.05, 0.1) is 6.04 Å². The van der Waals surface area contributed by atoms with Crippen LogP contribution in [0.3, 0.4) is 0 Å². The van der Waals surface area contributed by atoms with Gasteiger partial charge in [-0.05, 0) is 19.5 Å². The Morgan fingerprint density at radius 2 is 2.06 bits per heavy atom. The minimum atomic E-state index is 0.122. The topological polar surface area (TPSA) is 68.5 Å². The fourth-order valence-electron chi connectivity index (χ4n) is 1.50. The van der Waals surface area contributed by atoms with E-state index in [-0.39, 0.29) is 6.04 Å². The molecule has 0 saturated heterocycles. The van der Waals surface area contributed by atoms with Crippen molar-refractivity contribution in [3.05, 3.63) is 30.6 Å². The third-order valence-electron chi connectivity index (χ3n) is 2.21. The third-order valence-corrected chi connectivity index (χ3v) is 2.21. The first kappa shape index (κ1) is 10.7. The molecule has 0 radical (unpaired) electrons.